The molecule has 2 heterocycles. The molecule has 34 heavy (non-hydrogen) atoms. The van der Waals surface area contributed by atoms with E-state index >= 15 is 0 Å². The summed E-state index contributed by atoms with van der Waals surface area (Å²) in [7, 11) is 0.657. The van der Waals surface area contributed by atoms with Crippen LogP contribution < -0.4 is 5.69 Å². The molecule has 1 saturated heterocycles. The van der Waals surface area contributed by atoms with E-state index in [4.69, 9.17) is 9.47 Å². The Morgan fingerprint density at radius 2 is 1.88 bits per heavy atom. The number of imidazole rings is 1. The van der Waals surface area contributed by atoms with Gasteiger partial charge >= 0.3 is 11.8 Å². The number of fused-ring (bicyclic) bond motifs is 1. The topological polar surface area (TPSA) is 65.7 Å². The van der Waals surface area contributed by atoms with Crippen LogP contribution in [0.15, 0.2) is 23.0 Å². The molecular formula is C26H43N3O4Si. The summed E-state index contributed by atoms with van der Waals surface area (Å²) in [5.41, 5.74) is 2.11. The Bertz CT molecular complexity index is 1090. The molecule has 1 aromatic heterocycles. The Hall–Kier alpha value is -2.06. The maximum atomic E-state index is 13.1. The molecule has 1 aromatic carbocycles. The molecule has 7 nitrogen and oxygen atoms in total. The molecule has 0 aliphatic carbocycles. The second-order valence-corrected chi connectivity index (χ2v) is 18.1. The number of amides is 1. The number of piperidine rings is 1. The zero-order valence-corrected chi connectivity index (χ0v) is 23.5. The van der Waals surface area contributed by atoms with Gasteiger partial charge in [-0.3, -0.25) is 9.13 Å². The number of carbonyl (C=O) groups excluding carboxylic acids is 1. The Morgan fingerprint density at radius 1 is 1.21 bits per heavy atom. The maximum Gasteiger partial charge on any atom is 0.410 e. The number of carbonyl (C=O) groups is 1. The number of aryl methyl sites for hydroxylation is 1. The average Bonchev–Trinajstić information content (AvgIpc) is 2.93. The zero-order valence-electron chi connectivity index (χ0n) is 22.5. The first kappa shape index (κ1) is 26.5. The maximum absolute atomic E-state index is 13.1. The summed E-state index contributed by atoms with van der Waals surface area (Å²) >= 11 is 0. The summed E-state index contributed by atoms with van der Waals surface area (Å²) in [6, 6.07) is 7.23. The lowest BCUT2D eigenvalue weighted by atomic mass is 9.79. The van der Waals surface area contributed by atoms with Gasteiger partial charge in [-0.15, -0.1) is 0 Å². The molecule has 2 aromatic rings. The van der Waals surface area contributed by atoms with Gasteiger partial charge in [-0.25, -0.2) is 9.59 Å². The average molecular weight is 490 g/mol. The molecular weight excluding hydrogens is 446 g/mol. The fourth-order valence-electron chi connectivity index (χ4n) is 4.82. The predicted molar refractivity (Wildman–Crippen MR) is 140 cm³/mol. The van der Waals surface area contributed by atoms with Gasteiger partial charge in [0.25, 0.3) is 0 Å². The van der Waals surface area contributed by atoms with Crippen molar-refractivity contribution in [1.29, 1.82) is 0 Å². The molecule has 0 radical (unpaired) electrons. The molecule has 0 spiro atoms. The molecule has 8 heteroatoms. The highest BCUT2D eigenvalue weighted by Crippen LogP contribution is 2.40. The first-order valence-corrected chi connectivity index (χ1v) is 16.1. The van der Waals surface area contributed by atoms with Crippen LogP contribution in [0.4, 0.5) is 4.79 Å². The first-order valence-electron chi connectivity index (χ1n) is 12.4. The van der Waals surface area contributed by atoms with Crippen LogP contribution >= 0.6 is 0 Å². The largest absolute Gasteiger partial charge is 0.444 e. The molecule has 0 saturated carbocycles. The van der Waals surface area contributed by atoms with E-state index in [1.54, 1.807) is 9.13 Å². The third-order valence-electron chi connectivity index (χ3n) is 6.64. The molecule has 1 atom stereocenters. The third-order valence-corrected chi connectivity index (χ3v) is 8.34. The highest BCUT2D eigenvalue weighted by atomic mass is 28.3. The minimum Gasteiger partial charge on any atom is -0.444 e. The number of likely N-dealkylation sites (tertiary alicyclic amines) is 1. The summed E-state index contributed by atoms with van der Waals surface area (Å²) in [4.78, 5) is 27.8. The molecule has 0 unspecified atom stereocenters. The molecule has 1 fully saturated rings. The molecule has 1 aliphatic heterocycles. The van der Waals surface area contributed by atoms with Crippen LogP contribution in [-0.2, 0) is 23.3 Å². The number of hydrogen-bond acceptors (Lipinski definition) is 4. The smallest absolute Gasteiger partial charge is 0.410 e. The van der Waals surface area contributed by atoms with Crippen molar-refractivity contribution in [3.8, 4) is 0 Å². The van der Waals surface area contributed by atoms with Gasteiger partial charge in [0.15, 0.2) is 0 Å². The van der Waals surface area contributed by atoms with Crippen LogP contribution in [0.2, 0.25) is 25.7 Å². The number of hydrogen-bond donors (Lipinski definition) is 0. The van der Waals surface area contributed by atoms with Crippen molar-refractivity contribution in [1.82, 2.24) is 14.0 Å². The zero-order chi connectivity index (χ0) is 25.5. The summed E-state index contributed by atoms with van der Waals surface area (Å²) in [6.45, 7) is 18.4. The van der Waals surface area contributed by atoms with Crippen molar-refractivity contribution in [3.63, 3.8) is 0 Å². The molecule has 3 rings (SSSR count). The monoisotopic (exact) mass is 489 g/mol. The van der Waals surface area contributed by atoms with Crippen LogP contribution in [-0.4, -0.2) is 52.5 Å². The van der Waals surface area contributed by atoms with Crippen molar-refractivity contribution >= 4 is 25.2 Å². The van der Waals surface area contributed by atoms with Gasteiger partial charge in [0.2, 0.25) is 0 Å². The van der Waals surface area contributed by atoms with E-state index in [2.05, 4.69) is 39.6 Å². The SMILES string of the molecule is Cn1c(=O)n(COCC[Si](C)(C)C)c2cccc([C@H]3CCN(C(=O)OC(C)(C)C)C(C)(C)C3)c21. The van der Waals surface area contributed by atoms with Crippen LogP contribution in [0.3, 0.4) is 0 Å². The van der Waals surface area contributed by atoms with E-state index in [0.29, 0.717) is 13.2 Å². The fraction of sp³-hybridized carbons (Fsp3) is 0.692. The van der Waals surface area contributed by atoms with Gasteiger partial charge in [0, 0.05) is 33.8 Å². The lowest BCUT2D eigenvalue weighted by Crippen LogP contribution is -2.53. The summed E-state index contributed by atoms with van der Waals surface area (Å²) in [6.07, 6.45) is 1.37. The molecule has 1 amide bonds. The van der Waals surface area contributed by atoms with Gasteiger partial charge in [0.1, 0.15) is 12.3 Å². The Morgan fingerprint density at radius 3 is 2.47 bits per heavy atom. The number of benzene rings is 1. The Labute approximate surface area is 205 Å². The Balaban J connectivity index is 1.84. The van der Waals surface area contributed by atoms with Gasteiger partial charge in [-0.1, -0.05) is 31.8 Å². The number of rotatable bonds is 6. The van der Waals surface area contributed by atoms with Crippen molar-refractivity contribution in [2.75, 3.05) is 13.2 Å². The molecule has 0 bridgehead atoms. The van der Waals surface area contributed by atoms with Crippen LogP contribution in [0, 0.1) is 0 Å². The third kappa shape index (κ3) is 5.94. The number of para-hydroxylation sites is 1. The van der Waals surface area contributed by atoms with E-state index in [1.165, 1.54) is 0 Å². The minimum atomic E-state index is -1.18. The van der Waals surface area contributed by atoms with Gasteiger partial charge < -0.3 is 14.4 Å². The number of aromatic nitrogens is 2. The highest BCUT2D eigenvalue weighted by Gasteiger charge is 2.40. The highest BCUT2D eigenvalue weighted by molar-refractivity contribution is 6.76. The van der Waals surface area contributed by atoms with E-state index in [0.717, 1.165) is 35.5 Å². The second-order valence-electron chi connectivity index (χ2n) is 12.5. The van der Waals surface area contributed by atoms with Crippen molar-refractivity contribution < 1.29 is 14.3 Å². The van der Waals surface area contributed by atoms with Crippen LogP contribution in [0.1, 0.15) is 58.9 Å². The van der Waals surface area contributed by atoms with Crippen molar-refractivity contribution in [3.05, 3.63) is 34.2 Å². The number of nitrogens with zero attached hydrogens (tertiary/aromatic N) is 3. The first-order chi connectivity index (χ1) is 15.6. The van der Waals surface area contributed by atoms with Crippen LogP contribution in [0.5, 0.6) is 0 Å². The molecule has 1 aliphatic rings. The molecule has 0 N–H and O–H groups in total. The summed E-state index contributed by atoms with van der Waals surface area (Å²) in [5, 5.41) is 0. The predicted octanol–water partition coefficient (Wildman–Crippen LogP) is 5.55. The Kier molecular flexibility index (Phi) is 7.44. The normalized spacial score (nSPS) is 19.0. The number of ether oxygens (including phenoxy) is 2. The summed E-state index contributed by atoms with van der Waals surface area (Å²) in [5.74, 6) is 0.242. The summed E-state index contributed by atoms with van der Waals surface area (Å²) < 4.78 is 15.1. The second kappa shape index (κ2) is 9.53. The van der Waals surface area contributed by atoms with Crippen LogP contribution in [0.25, 0.3) is 11.0 Å². The standard InChI is InChI=1S/C26H43N3O4Si/c1-25(2,3)33-24(31)29-14-13-19(17-26(29,4)5)20-11-10-12-21-22(20)27(6)23(30)28(21)18-32-15-16-34(7,8)9/h10-12,19H,13-18H2,1-9H3/t19-/m0/s1. The van der Waals surface area contributed by atoms with Crippen molar-refractivity contribution in [2.45, 2.75) is 96.9 Å². The minimum absolute atomic E-state index is 0.0547. The van der Waals surface area contributed by atoms with Gasteiger partial charge in [-0.05, 0) is 71.1 Å². The van der Waals surface area contributed by atoms with E-state index in [9.17, 15) is 9.59 Å². The van der Waals surface area contributed by atoms with Gasteiger partial charge in [0.05, 0.1) is 11.0 Å². The van der Waals surface area contributed by atoms with E-state index in [-0.39, 0.29) is 30.0 Å². The lowest BCUT2D eigenvalue weighted by molar-refractivity contribution is -0.00926. The fourth-order valence-corrected chi connectivity index (χ4v) is 5.58. The van der Waals surface area contributed by atoms with Gasteiger partial charge in [-0.2, -0.15) is 0 Å². The lowest BCUT2D eigenvalue weighted by Gasteiger charge is -2.45. The van der Waals surface area contributed by atoms with E-state index < -0.39 is 13.7 Å². The van der Waals surface area contributed by atoms with E-state index in [1.807, 2.05) is 44.9 Å². The quantitative estimate of drug-likeness (QED) is 0.394. The molecule has 190 valence electrons. The van der Waals surface area contributed by atoms with Crippen molar-refractivity contribution in [2.24, 2.45) is 7.05 Å².